The van der Waals surface area contributed by atoms with Gasteiger partial charge in [0.1, 0.15) is 0 Å². The van der Waals surface area contributed by atoms with Crippen molar-refractivity contribution in [1.29, 1.82) is 0 Å². The maximum atomic E-state index is 12.5. The molecule has 21 heavy (non-hydrogen) atoms. The normalized spacial score (nSPS) is 21.3. The minimum atomic E-state index is -0.846. The van der Waals surface area contributed by atoms with Gasteiger partial charge in [-0.3, -0.25) is 4.79 Å². The summed E-state index contributed by atoms with van der Waals surface area (Å²) >= 11 is 0. The van der Waals surface area contributed by atoms with E-state index in [-0.39, 0.29) is 12.5 Å². The summed E-state index contributed by atoms with van der Waals surface area (Å²) in [6, 6.07) is 0.0180. The molecule has 2 rings (SSSR count). The standard InChI is InChI=1S/C16H28N2O3/c1-2-17(11-6-14(19)20)15(21)18-12-9-16(10-13-18)7-4-3-5-8-16/h2-13H2,1H3,(H,19,20). The highest BCUT2D eigenvalue weighted by Crippen LogP contribution is 2.44. The Morgan fingerprint density at radius 1 is 1.10 bits per heavy atom. The van der Waals surface area contributed by atoms with Crippen molar-refractivity contribution in [3.63, 3.8) is 0 Å². The predicted molar refractivity (Wildman–Crippen MR) is 81.2 cm³/mol. The molecule has 0 unspecified atom stereocenters. The first kappa shape index (κ1) is 16.1. The van der Waals surface area contributed by atoms with Crippen LogP contribution in [0.1, 0.15) is 58.3 Å². The number of urea groups is 1. The van der Waals surface area contributed by atoms with E-state index in [1.165, 1.54) is 32.1 Å². The molecule has 2 fully saturated rings. The Bertz CT molecular complexity index is 368. The van der Waals surface area contributed by atoms with Gasteiger partial charge in [-0.2, -0.15) is 0 Å². The van der Waals surface area contributed by atoms with Crippen molar-refractivity contribution in [3.05, 3.63) is 0 Å². The largest absolute Gasteiger partial charge is 0.481 e. The van der Waals surface area contributed by atoms with Gasteiger partial charge in [-0.15, -0.1) is 0 Å². The molecule has 0 aromatic carbocycles. The van der Waals surface area contributed by atoms with Crippen molar-refractivity contribution in [1.82, 2.24) is 9.80 Å². The number of piperidine rings is 1. The van der Waals surface area contributed by atoms with E-state index >= 15 is 0 Å². The lowest BCUT2D eigenvalue weighted by atomic mass is 9.68. The van der Waals surface area contributed by atoms with E-state index in [2.05, 4.69) is 0 Å². The summed E-state index contributed by atoms with van der Waals surface area (Å²) in [7, 11) is 0. The van der Waals surface area contributed by atoms with E-state index in [0.717, 1.165) is 25.9 Å². The molecule has 5 heteroatoms. The summed E-state index contributed by atoms with van der Waals surface area (Å²) in [6.45, 7) is 4.47. The van der Waals surface area contributed by atoms with Gasteiger partial charge in [0.15, 0.2) is 0 Å². The fourth-order valence-corrected chi connectivity index (χ4v) is 3.79. The minimum Gasteiger partial charge on any atom is -0.481 e. The summed E-state index contributed by atoms with van der Waals surface area (Å²) < 4.78 is 0. The molecule has 1 N–H and O–H groups in total. The molecule has 0 bridgehead atoms. The van der Waals surface area contributed by atoms with Gasteiger partial charge in [-0.05, 0) is 38.0 Å². The van der Waals surface area contributed by atoms with Gasteiger partial charge < -0.3 is 14.9 Å². The monoisotopic (exact) mass is 296 g/mol. The summed E-state index contributed by atoms with van der Waals surface area (Å²) in [5.41, 5.74) is 0.493. The highest BCUT2D eigenvalue weighted by atomic mass is 16.4. The lowest BCUT2D eigenvalue weighted by Gasteiger charge is -2.45. The van der Waals surface area contributed by atoms with Crippen LogP contribution < -0.4 is 0 Å². The Labute approximate surface area is 127 Å². The molecule has 2 amide bonds. The van der Waals surface area contributed by atoms with Crippen molar-refractivity contribution in [2.24, 2.45) is 5.41 Å². The van der Waals surface area contributed by atoms with Gasteiger partial charge >= 0.3 is 12.0 Å². The van der Waals surface area contributed by atoms with Crippen LogP contribution >= 0.6 is 0 Å². The first-order valence-corrected chi connectivity index (χ1v) is 8.32. The number of hydrogen-bond acceptors (Lipinski definition) is 2. The van der Waals surface area contributed by atoms with Crippen molar-refractivity contribution in [3.8, 4) is 0 Å². The molecule has 0 radical (unpaired) electrons. The van der Waals surface area contributed by atoms with Crippen molar-refractivity contribution in [2.45, 2.75) is 58.3 Å². The molecular formula is C16H28N2O3. The number of nitrogens with zero attached hydrogens (tertiary/aromatic N) is 2. The molecule has 1 aliphatic carbocycles. The van der Waals surface area contributed by atoms with Crippen LogP contribution in [0.15, 0.2) is 0 Å². The van der Waals surface area contributed by atoms with E-state index in [9.17, 15) is 9.59 Å². The number of carbonyl (C=O) groups excluding carboxylic acids is 1. The zero-order valence-electron chi connectivity index (χ0n) is 13.1. The van der Waals surface area contributed by atoms with Crippen LogP contribution in [0, 0.1) is 5.41 Å². The van der Waals surface area contributed by atoms with Gasteiger partial charge in [-0.1, -0.05) is 19.3 Å². The lowest BCUT2D eigenvalue weighted by Crippen LogP contribution is -2.49. The van der Waals surface area contributed by atoms with Crippen molar-refractivity contribution >= 4 is 12.0 Å². The topological polar surface area (TPSA) is 60.9 Å². The van der Waals surface area contributed by atoms with Crippen molar-refractivity contribution in [2.75, 3.05) is 26.2 Å². The molecule has 2 aliphatic rings. The number of hydrogen-bond donors (Lipinski definition) is 1. The number of amides is 2. The Hall–Kier alpha value is -1.26. The second-order valence-electron chi connectivity index (χ2n) is 6.55. The summed E-state index contributed by atoms with van der Waals surface area (Å²) in [4.78, 5) is 26.7. The van der Waals surface area contributed by atoms with Gasteiger partial charge in [-0.25, -0.2) is 4.79 Å². The molecule has 0 atom stereocenters. The molecule has 1 aliphatic heterocycles. The van der Waals surface area contributed by atoms with Crippen LogP contribution in [0.25, 0.3) is 0 Å². The van der Waals surface area contributed by atoms with Crippen molar-refractivity contribution < 1.29 is 14.7 Å². The summed E-state index contributed by atoms with van der Waals surface area (Å²) in [5, 5.41) is 8.76. The molecule has 0 aromatic heterocycles. The van der Waals surface area contributed by atoms with E-state index in [4.69, 9.17) is 5.11 Å². The van der Waals surface area contributed by atoms with Crippen LogP contribution in [-0.2, 0) is 4.79 Å². The van der Waals surface area contributed by atoms with E-state index in [1.54, 1.807) is 4.90 Å². The van der Waals surface area contributed by atoms with Gasteiger partial charge in [0.2, 0.25) is 0 Å². The molecule has 120 valence electrons. The van der Waals surface area contributed by atoms with Crippen LogP contribution in [0.3, 0.4) is 0 Å². The second-order valence-corrected chi connectivity index (χ2v) is 6.55. The third kappa shape index (κ3) is 4.11. The number of carbonyl (C=O) groups is 2. The SMILES string of the molecule is CCN(CCC(=O)O)C(=O)N1CCC2(CCCCC2)CC1. The molecule has 5 nitrogen and oxygen atoms in total. The Morgan fingerprint density at radius 2 is 1.71 bits per heavy atom. The fourth-order valence-electron chi connectivity index (χ4n) is 3.79. The Morgan fingerprint density at radius 3 is 2.24 bits per heavy atom. The molecular weight excluding hydrogens is 268 g/mol. The summed E-state index contributed by atoms with van der Waals surface area (Å²) in [5.74, 6) is -0.846. The minimum absolute atomic E-state index is 0.0180. The van der Waals surface area contributed by atoms with Gasteiger partial charge in [0.25, 0.3) is 0 Å². The number of likely N-dealkylation sites (tertiary alicyclic amines) is 1. The lowest BCUT2D eigenvalue weighted by molar-refractivity contribution is -0.137. The highest BCUT2D eigenvalue weighted by Gasteiger charge is 2.37. The highest BCUT2D eigenvalue weighted by molar-refractivity contribution is 5.75. The molecule has 1 saturated heterocycles. The third-order valence-electron chi connectivity index (χ3n) is 5.26. The van der Waals surface area contributed by atoms with Crippen LogP contribution in [0.2, 0.25) is 0 Å². The molecule has 1 saturated carbocycles. The number of rotatable bonds is 4. The number of carboxylic acids is 1. The molecule has 1 heterocycles. The fraction of sp³-hybridized carbons (Fsp3) is 0.875. The summed E-state index contributed by atoms with van der Waals surface area (Å²) in [6.07, 6.45) is 8.96. The quantitative estimate of drug-likeness (QED) is 0.867. The zero-order chi connectivity index (χ0) is 15.3. The maximum Gasteiger partial charge on any atom is 0.320 e. The first-order valence-electron chi connectivity index (χ1n) is 8.32. The maximum absolute atomic E-state index is 12.5. The first-order chi connectivity index (χ1) is 10.1. The predicted octanol–water partition coefficient (Wildman–Crippen LogP) is 2.95. The van der Waals surface area contributed by atoms with Crippen LogP contribution in [0.5, 0.6) is 0 Å². The average Bonchev–Trinajstić information content (AvgIpc) is 2.49. The van der Waals surface area contributed by atoms with E-state index in [1.807, 2.05) is 11.8 Å². The molecule has 0 aromatic rings. The van der Waals surface area contributed by atoms with Crippen LogP contribution in [-0.4, -0.2) is 53.1 Å². The number of carboxylic acid groups (broad SMARTS) is 1. The van der Waals surface area contributed by atoms with E-state index in [0.29, 0.717) is 18.5 Å². The van der Waals surface area contributed by atoms with E-state index < -0.39 is 5.97 Å². The van der Waals surface area contributed by atoms with Gasteiger partial charge in [0, 0.05) is 26.2 Å². The second kappa shape index (κ2) is 7.14. The van der Waals surface area contributed by atoms with Crippen LogP contribution in [0.4, 0.5) is 4.79 Å². The zero-order valence-corrected chi connectivity index (χ0v) is 13.1. The smallest absolute Gasteiger partial charge is 0.320 e. The Balaban J connectivity index is 1.85. The number of aliphatic carboxylic acids is 1. The average molecular weight is 296 g/mol. The third-order valence-corrected chi connectivity index (χ3v) is 5.26. The molecule has 1 spiro atoms. The Kier molecular flexibility index (Phi) is 5.48. The van der Waals surface area contributed by atoms with Gasteiger partial charge in [0.05, 0.1) is 6.42 Å².